The molecule has 4 rings (SSSR count). The van der Waals surface area contributed by atoms with Crippen molar-refractivity contribution in [1.29, 1.82) is 0 Å². The quantitative estimate of drug-likeness (QED) is 0.700. The van der Waals surface area contributed by atoms with Crippen LogP contribution in [0.4, 0.5) is 5.82 Å². The number of thiophene rings is 1. The SMILES string of the molecule is Cc1csc2c(N3CCC(n4cc(C(C)(C)C)nn4)CC3)ncnc12. The lowest BCUT2D eigenvalue weighted by Gasteiger charge is -2.32. The number of piperidine rings is 1. The Morgan fingerprint density at radius 3 is 2.60 bits per heavy atom. The van der Waals surface area contributed by atoms with E-state index in [9.17, 15) is 0 Å². The van der Waals surface area contributed by atoms with Crippen LogP contribution in [0.3, 0.4) is 0 Å². The molecule has 7 heteroatoms. The van der Waals surface area contributed by atoms with Crippen LogP contribution in [-0.2, 0) is 5.41 Å². The largest absolute Gasteiger partial charge is 0.355 e. The third-order valence-corrected chi connectivity index (χ3v) is 6.01. The Morgan fingerprint density at radius 2 is 1.92 bits per heavy atom. The van der Waals surface area contributed by atoms with E-state index >= 15 is 0 Å². The Bertz CT molecular complexity index is 882. The topological polar surface area (TPSA) is 59.7 Å². The second-order valence-electron chi connectivity index (χ2n) is 7.85. The van der Waals surface area contributed by atoms with E-state index in [0.717, 1.165) is 43.0 Å². The highest BCUT2D eigenvalue weighted by Gasteiger charge is 2.26. The number of nitrogens with zero attached hydrogens (tertiary/aromatic N) is 6. The van der Waals surface area contributed by atoms with E-state index in [1.165, 1.54) is 10.3 Å². The summed E-state index contributed by atoms with van der Waals surface area (Å²) >= 11 is 1.74. The molecule has 4 heterocycles. The second kappa shape index (κ2) is 6.05. The van der Waals surface area contributed by atoms with Gasteiger partial charge >= 0.3 is 0 Å². The number of aromatic nitrogens is 5. The highest BCUT2D eigenvalue weighted by atomic mass is 32.1. The number of aryl methyl sites for hydroxylation is 1. The average molecular weight is 356 g/mol. The van der Waals surface area contributed by atoms with Crippen LogP contribution >= 0.6 is 11.3 Å². The Balaban J connectivity index is 1.50. The fraction of sp³-hybridized carbons (Fsp3) is 0.556. The summed E-state index contributed by atoms with van der Waals surface area (Å²) < 4.78 is 3.26. The van der Waals surface area contributed by atoms with Gasteiger partial charge in [0.1, 0.15) is 12.1 Å². The fourth-order valence-corrected chi connectivity index (χ4v) is 4.34. The van der Waals surface area contributed by atoms with Crippen LogP contribution in [0.25, 0.3) is 10.2 Å². The normalized spacial score (nSPS) is 16.7. The zero-order valence-corrected chi connectivity index (χ0v) is 16.0. The molecule has 3 aromatic rings. The lowest BCUT2D eigenvalue weighted by molar-refractivity contribution is 0.359. The van der Waals surface area contributed by atoms with Crippen molar-refractivity contribution in [2.45, 2.75) is 52.0 Å². The van der Waals surface area contributed by atoms with Gasteiger partial charge < -0.3 is 4.90 Å². The first-order valence-electron chi connectivity index (χ1n) is 8.79. The van der Waals surface area contributed by atoms with Gasteiger partial charge in [-0.1, -0.05) is 26.0 Å². The Hall–Kier alpha value is -2.02. The molecule has 1 saturated heterocycles. The molecule has 1 aliphatic heterocycles. The van der Waals surface area contributed by atoms with E-state index in [1.807, 2.05) is 0 Å². The fourth-order valence-electron chi connectivity index (χ4n) is 3.32. The van der Waals surface area contributed by atoms with E-state index in [4.69, 9.17) is 0 Å². The predicted molar refractivity (Wildman–Crippen MR) is 101 cm³/mol. The first-order chi connectivity index (χ1) is 11.9. The molecule has 1 aliphatic rings. The molecule has 0 atom stereocenters. The first-order valence-corrected chi connectivity index (χ1v) is 9.67. The van der Waals surface area contributed by atoms with E-state index in [-0.39, 0.29) is 5.41 Å². The van der Waals surface area contributed by atoms with Crippen LogP contribution in [0.5, 0.6) is 0 Å². The van der Waals surface area contributed by atoms with E-state index in [1.54, 1.807) is 17.7 Å². The predicted octanol–water partition coefficient (Wildman–Crippen LogP) is 3.73. The number of hydrogen-bond acceptors (Lipinski definition) is 6. The molecule has 3 aromatic heterocycles. The molecule has 0 aliphatic carbocycles. The third-order valence-electron chi connectivity index (χ3n) is 4.93. The molecule has 25 heavy (non-hydrogen) atoms. The van der Waals surface area contributed by atoms with Crippen molar-refractivity contribution in [3.8, 4) is 0 Å². The summed E-state index contributed by atoms with van der Waals surface area (Å²) in [4.78, 5) is 11.4. The van der Waals surface area contributed by atoms with Crippen LogP contribution in [-0.4, -0.2) is 38.1 Å². The minimum absolute atomic E-state index is 0.0442. The van der Waals surface area contributed by atoms with Crippen molar-refractivity contribution < 1.29 is 0 Å². The van der Waals surface area contributed by atoms with Gasteiger partial charge in [0.25, 0.3) is 0 Å². The summed E-state index contributed by atoms with van der Waals surface area (Å²) in [5.41, 5.74) is 3.42. The summed E-state index contributed by atoms with van der Waals surface area (Å²) in [7, 11) is 0. The van der Waals surface area contributed by atoms with Crippen LogP contribution < -0.4 is 4.90 Å². The van der Waals surface area contributed by atoms with Gasteiger partial charge in [-0.25, -0.2) is 14.6 Å². The smallest absolute Gasteiger partial charge is 0.150 e. The van der Waals surface area contributed by atoms with Crippen molar-refractivity contribution in [3.63, 3.8) is 0 Å². The van der Waals surface area contributed by atoms with Gasteiger partial charge in [-0.3, -0.25) is 0 Å². The summed E-state index contributed by atoms with van der Waals surface area (Å²) in [5, 5.41) is 10.9. The monoisotopic (exact) mass is 356 g/mol. The Kier molecular flexibility index (Phi) is 3.98. The van der Waals surface area contributed by atoms with Crippen LogP contribution in [0.15, 0.2) is 17.9 Å². The van der Waals surface area contributed by atoms with Gasteiger partial charge in [0.15, 0.2) is 0 Å². The molecule has 6 nitrogen and oxygen atoms in total. The van der Waals surface area contributed by atoms with Gasteiger partial charge in [0.2, 0.25) is 0 Å². The number of fused-ring (bicyclic) bond motifs is 1. The lowest BCUT2D eigenvalue weighted by atomic mass is 9.93. The maximum Gasteiger partial charge on any atom is 0.150 e. The maximum atomic E-state index is 4.57. The Labute approximate surface area is 151 Å². The zero-order valence-electron chi connectivity index (χ0n) is 15.2. The zero-order chi connectivity index (χ0) is 17.6. The van der Waals surface area contributed by atoms with Crippen molar-refractivity contribution in [2.24, 2.45) is 0 Å². The van der Waals surface area contributed by atoms with Gasteiger partial charge in [0.05, 0.1) is 22.0 Å². The highest BCUT2D eigenvalue weighted by Crippen LogP contribution is 2.33. The highest BCUT2D eigenvalue weighted by molar-refractivity contribution is 7.18. The van der Waals surface area contributed by atoms with Gasteiger partial charge in [0, 0.05) is 24.7 Å². The molecule has 0 unspecified atom stereocenters. The molecule has 0 aromatic carbocycles. The van der Waals surface area contributed by atoms with Gasteiger partial charge in [-0.05, 0) is 30.7 Å². The molecule has 132 valence electrons. The van der Waals surface area contributed by atoms with Crippen LogP contribution in [0.2, 0.25) is 0 Å². The molecule has 0 N–H and O–H groups in total. The number of hydrogen-bond donors (Lipinski definition) is 0. The minimum Gasteiger partial charge on any atom is -0.355 e. The standard InChI is InChI=1S/C18H24N6S/c1-12-10-25-16-15(12)19-11-20-17(16)23-7-5-13(6-8-23)24-9-14(21-22-24)18(2,3)4/h9-11,13H,5-8H2,1-4H3. The van der Waals surface area contributed by atoms with Crippen LogP contribution in [0.1, 0.15) is 50.9 Å². The van der Waals surface area contributed by atoms with Gasteiger partial charge in [-0.15, -0.1) is 16.4 Å². The molecule has 1 fully saturated rings. The van der Waals surface area contributed by atoms with Crippen molar-refractivity contribution in [1.82, 2.24) is 25.0 Å². The first kappa shape index (κ1) is 16.4. The molecule has 0 radical (unpaired) electrons. The maximum absolute atomic E-state index is 4.57. The molecular formula is C18H24N6S. The van der Waals surface area contributed by atoms with E-state index in [0.29, 0.717) is 6.04 Å². The number of rotatable bonds is 2. The van der Waals surface area contributed by atoms with Crippen molar-refractivity contribution in [2.75, 3.05) is 18.0 Å². The molecule has 0 bridgehead atoms. The summed E-state index contributed by atoms with van der Waals surface area (Å²) in [5.74, 6) is 1.08. The van der Waals surface area contributed by atoms with E-state index < -0.39 is 0 Å². The van der Waals surface area contributed by atoms with Crippen molar-refractivity contribution in [3.05, 3.63) is 29.2 Å². The second-order valence-corrected chi connectivity index (χ2v) is 8.73. The summed E-state index contributed by atoms with van der Waals surface area (Å²) in [6.45, 7) is 10.6. The van der Waals surface area contributed by atoms with Crippen molar-refractivity contribution >= 4 is 27.4 Å². The minimum atomic E-state index is 0.0442. The van der Waals surface area contributed by atoms with Gasteiger partial charge in [-0.2, -0.15) is 0 Å². The number of anilines is 1. The summed E-state index contributed by atoms with van der Waals surface area (Å²) in [6, 6.07) is 0.419. The Morgan fingerprint density at radius 1 is 1.16 bits per heavy atom. The lowest BCUT2D eigenvalue weighted by Crippen LogP contribution is -2.35. The average Bonchev–Trinajstić information content (AvgIpc) is 3.22. The molecule has 0 amide bonds. The van der Waals surface area contributed by atoms with E-state index in [2.05, 4.69) is 69.1 Å². The molecular weight excluding hydrogens is 332 g/mol. The molecule has 0 spiro atoms. The summed E-state index contributed by atoms with van der Waals surface area (Å²) in [6.07, 6.45) is 5.92. The van der Waals surface area contributed by atoms with Crippen LogP contribution in [0, 0.1) is 6.92 Å². The third kappa shape index (κ3) is 3.01. The molecule has 0 saturated carbocycles.